The molecular formula is C12H22N2O2. The van der Waals surface area contributed by atoms with E-state index in [1.54, 1.807) is 0 Å². The van der Waals surface area contributed by atoms with E-state index in [0.717, 1.165) is 32.6 Å². The van der Waals surface area contributed by atoms with Gasteiger partial charge in [-0.3, -0.25) is 4.79 Å². The van der Waals surface area contributed by atoms with Crippen LogP contribution in [0.4, 0.5) is 0 Å². The molecule has 0 aliphatic carbocycles. The molecule has 0 aromatic carbocycles. The van der Waals surface area contributed by atoms with Crippen LogP contribution in [0.2, 0.25) is 0 Å². The van der Waals surface area contributed by atoms with Gasteiger partial charge in [-0.2, -0.15) is 0 Å². The number of piperidine rings is 1. The number of ether oxygens (including phenoxy) is 1. The summed E-state index contributed by atoms with van der Waals surface area (Å²) in [6, 6.07) is 0. The highest BCUT2D eigenvalue weighted by molar-refractivity contribution is 5.79. The summed E-state index contributed by atoms with van der Waals surface area (Å²) in [6.07, 6.45) is 1.21. The number of hydrogen-bond acceptors (Lipinski definition) is 3. The van der Waals surface area contributed by atoms with E-state index in [0.29, 0.717) is 18.4 Å². The van der Waals surface area contributed by atoms with Crippen molar-refractivity contribution < 1.29 is 9.53 Å². The summed E-state index contributed by atoms with van der Waals surface area (Å²) < 4.78 is 5.46. The van der Waals surface area contributed by atoms with Crippen LogP contribution in [0.15, 0.2) is 0 Å². The Kier molecular flexibility index (Phi) is 3.82. The second-order valence-corrected chi connectivity index (χ2v) is 5.16. The molecule has 92 valence electrons. The van der Waals surface area contributed by atoms with Crippen molar-refractivity contribution in [1.29, 1.82) is 0 Å². The Morgan fingerprint density at radius 1 is 1.38 bits per heavy atom. The molecule has 1 N–H and O–H groups in total. The van der Waals surface area contributed by atoms with Crippen LogP contribution in [0, 0.1) is 11.8 Å². The van der Waals surface area contributed by atoms with Crippen molar-refractivity contribution in [3.63, 3.8) is 0 Å². The fraction of sp³-hybridized carbons (Fsp3) is 0.917. The fourth-order valence-corrected chi connectivity index (χ4v) is 2.62. The smallest absolute Gasteiger partial charge is 0.227 e. The first-order chi connectivity index (χ1) is 7.66. The molecule has 0 saturated carbocycles. The van der Waals surface area contributed by atoms with Gasteiger partial charge in [-0.1, -0.05) is 6.92 Å². The molecule has 2 rings (SSSR count). The van der Waals surface area contributed by atoms with Crippen molar-refractivity contribution in [3.8, 4) is 0 Å². The highest BCUT2D eigenvalue weighted by atomic mass is 16.5. The third kappa shape index (κ3) is 2.74. The number of carbonyl (C=O) groups excluding carboxylic acids is 1. The minimum atomic E-state index is 0.175. The maximum Gasteiger partial charge on any atom is 0.227 e. The Hall–Kier alpha value is -0.610. The summed E-state index contributed by atoms with van der Waals surface area (Å²) >= 11 is 0. The van der Waals surface area contributed by atoms with Crippen LogP contribution < -0.4 is 5.32 Å². The lowest BCUT2D eigenvalue weighted by atomic mass is 9.90. The zero-order valence-corrected chi connectivity index (χ0v) is 10.2. The summed E-state index contributed by atoms with van der Waals surface area (Å²) in [5.41, 5.74) is 0. The van der Waals surface area contributed by atoms with Crippen molar-refractivity contribution in [2.75, 3.05) is 32.8 Å². The molecule has 0 radical (unpaired) electrons. The first-order valence-corrected chi connectivity index (χ1v) is 6.28. The number of hydrogen-bond donors (Lipinski definition) is 1. The van der Waals surface area contributed by atoms with Crippen LogP contribution in [-0.4, -0.2) is 49.7 Å². The molecule has 2 aliphatic heterocycles. The maximum absolute atomic E-state index is 12.3. The number of nitrogens with one attached hydrogen (secondary N) is 1. The number of morpholine rings is 1. The van der Waals surface area contributed by atoms with Gasteiger partial charge in [-0.25, -0.2) is 0 Å². The summed E-state index contributed by atoms with van der Waals surface area (Å²) in [5.74, 6) is 1.10. The van der Waals surface area contributed by atoms with Gasteiger partial charge in [0, 0.05) is 19.6 Å². The average molecular weight is 226 g/mol. The van der Waals surface area contributed by atoms with Gasteiger partial charge in [-0.15, -0.1) is 0 Å². The highest BCUT2D eigenvalue weighted by Gasteiger charge is 2.30. The Morgan fingerprint density at radius 3 is 2.88 bits per heavy atom. The largest absolute Gasteiger partial charge is 0.375 e. The Labute approximate surface area is 97.3 Å². The van der Waals surface area contributed by atoms with Gasteiger partial charge in [0.25, 0.3) is 0 Å². The second-order valence-electron chi connectivity index (χ2n) is 5.16. The number of nitrogens with zero attached hydrogens (tertiary/aromatic N) is 1. The topological polar surface area (TPSA) is 41.6 Å². The molecule has 1 amide bonds. The van der Waals surface area contributed by atoms with Gasteiger partial charge in [0.05, 0.1) is 18.6 Å². The van der Waals surface area contributed by atoms with Gasteiger partial charge in [-0.05, 0) is 25.8 Å². The van der Waals surface area contributed by atoms with Crippen LogP contribution in [0.5, 0.6) is 0 Å². The third-order valence-electron chi connectivity index (χ3n) is 3.47. The van der Waals surface area contributed by atoms with Gasteiger partial charge in [0.1, 0.15) is 0 Å². The molecule has 0 aromatic heterocycles. The molecule has 3 atom stereocenters. The van der Waals surface area contributed by atoms with Crippen molar-refractivity contribution in [3.05, 3.63) is 0 Å². The Balaban J connectivity index is 1.90. The summed E-state index contributed by atoms with van der Waals surface area (Å²) in [5, 5.41) is 3.34. The number of rotatable bonds is 1. The molecule has 16 heavy (non-hydrogen) atoms. The lowest BCUT2D eigenvalue weighted by Crippen LogP contribution is -2.50. The molecular weight excluding hydrogens is 204 g/mol. The predicted molar refractivity (Wildman–Crippen MR) is 62.1 cm³/mol. The van der Waals surface area contributed by atoms with Crippen molar-refractivity contribution in [1.82, 2.24) is 10.2 Å². The molecule has 4 nitrogen and oxygen atoms in total. The monoisotopic (exact) mass is 226 g/mol. The van der Waals surface area contributed by atoms with Crippen LogP contribution in [0.25, 0.3) is 0 Å². The van der Waals surface area contributed by atoms with Crippen molar-refractivity contribution in [2.24, 2.45) is 11.8 Å². The van der Waals surface area contributed by atoms with Crippen molar-refractivity contribution >= 4 is 5.91 Å². The average Bonchev–Trinajstić information content (AvgIpc) is 2.28. The maximum atomic E-state index is 12.3. The van der Waals surface area contributed by atoms with E-state index >= 15 is 0 Å². The number of carbonyl (C=O) groups is 1. The lowest BCUT2D eigenvalue weighted by Gasteiger charge is -2.36. The van der Waals surface area contributed by atoms with Crippen LogP contribution in [0.3, 0.4) is 0 Å². The Morgan fingerprint density at radius 2 is 2.19 bits per heavy atom. The fourth-order valence-electron chi connectivity index (χ4n) is 2.62. The first-order valence-electron chi connectivity index (χ1n) is 6.28. The van der Waals surface area contributed by atoms with E-state index in [1.807, 2.05) is 11.8 Å². The van der Waals surface area contributed by atoms with E-state index in [4.69, 9.17) is 4.74 Å². The molecule has 2 saturated heterocycles. The molecule has 2 fully saturated rings. The highest BCUT2D eigenvalue weighted by Crippen LogP contribution is 2.19. The van der Waals surface area contributed by atoms with E-state index in [1.165, 1.54) is 0 Å². The van der Waals surface area contributed by atoms with Gasteiger partial charge >= 0.3 is 0 Å². The van der Waals surface area contributed by atoms with Crippen LogP contribution in [0.1, 0.15) is 20.3 Å². The minimum absolute atomic E-state index is 0.175. The van der Waals surface area contributed by atoms with Crippen molar-refractivity contribution in [2.45, 2.75) is 26.4 Å². The van der Waals surface area contributed by atoms with Crippen LogP contribution >= 0.6 is 0 Å². The first kappa shape index (κ1) is 11.9. The minimum Gasteiger partial charge on any atom is -0.375 e. The molecule has 3 unspecified atom stereocenters. The summed E-state index contributed by atoms with van der Waals surface area (Å²) in [4.78, 5) is 14.2. The predicted octanol–water partition coefficient (Wildman–Crippen LogP) is 0.479. The standard InChI is InChI=1S/C12H22N2O2/c1-9-5-11(7-13-6-9)12(15)14-3-4-16-10(2)8-14/h9-11,13H,3-8H2,1-2H3. The quantitative estimate of drug-likeness (QED) is 0.707. The van der Waals surface area contributed by atoms with Crippen LogP contribution in [-0.2, 0) is 9.53 Å². The van der Waals surface area contributed by atoms with E-state index in [2.05, 4.69) is 12.2 Å². The Bertz CT molecular complexity index is 233. The zero-order valence-electron chi connectivity index (χ0n) is 10.2. The molecule has 0 aromatic rings. The SMILES string of the molecule is CC1CNCC(C(=O)N2CCOC(C)C2)C1. The van der Waals surface area contributed by atoms with E-state index in [9.17, 15) is 4.79 Å². The molecule has 0 spiro atoms. The summed E-state index contributed by atoms with van der Waals surface area (Å²) in [7, 11) is 0. The number of amides is 1. The van der Waals surface area contributed by atoms with Gasteiger partial charge in [0.2, 0.25) is 5.91 Å². The summed E-state index contributed by atoms with van der Waals surface area (Å²) in [6.45, 7) is 8.31. The molecule has 0 bridgehead atoms. The third-order valence-corrected chi connectivity index (χ3v) is 3.47. The molecule has 4 heteroatoms. The van der Waals surface area contributed by atoms with Gasteiger partial charge < -0.3 is 15.0 Å². The normalized spacial score (nSPS) is 36.1. The second kappa shape index (κ2) is 5.15. The zero-order chi connectivity index (χ0) is 11.5. The lowest BCUT2D eigenvalue weighted by molar-refractivity contribution is -0.143. The van der Waals surface area contributed by atoms with E-state index in [-0.39, 0.29) is 12.0 Å². The molecule has 2 aliphatic rings. The molecule has 2 heterocycles. The van der Waals surface area contributed by atoms with Gasteiger partial charge in [0.15, 0.2) is 0 Å². The van der Waals surface area contributed by atoms with E-state index < -0.39 is 0 Å².